The molecule has 168 valence electrons. The predicted octanol–water partition coefficient (Wildman–Crippen LogP) is 3.66. The van der Waals surface area contributed by atoms with Crippen LogP contribution in [0, 0.1) is 6.92 Å². The summed E-state index contributed by atoms with van der Waals surface area (Å²) in [6, 6.07) is 0.650. The zero-order chi connectivity index (χ0) is 21.7. The van der Waals surface area contributed by atoms with Gasteiger partial charge in [-0.3, -0.25) is 9.13 Å². The second-order valence-electron chi connectivity index (χ2n) is 9.13. The van der Waals surface area contributed by atoms with Crippen LogP contribution in [0.3, 0.4) is 0 Å². The van der Waals surface area contributed by atoms with Crippen molar-refractivity contribution in [1.82, 2.24) is 34.3 Å². The standard InChI is InChI=1S/C23H30N8O/c1-3-18-22-28-27-15(2)30(22)19-14-25-23(26-21(19)31(18)17-6-4-5-7-17)29-11-10-24-20(29)16-8-12-32-13-9-16/h10-11,14,16-18H,3-9,12-13H2,1-2H3. The highest BCUT2D eigenvalue weighted by Gasteiger charge is 2.39. The summed E-state index contributed by atoms with van der Waals surface area (Å²) in [5.41, 5.74) is 0.982. The van der Waals surface area contributed by atoms with Gasteiger partial charge >= 0.3 is 0 Å². The maximum absolute atomic E-state index is 5.56. The number of fused-ring (bicyclic) bond motifs is 3. The van der Waals surface area contributed by atoms with Crippen LogP contribution in [0.15, 0.2) is 18.6 Å². The lowest BCUT2D eigenvalue weighted by atomic mass is 9.99. The van der Waals surface area contributed by atoms with Crippen molar-refractivity contribution in [2.75, 3.05) is 18.1 Å². The van der Waals surface area contributed by atoms with Crippen LogP contribution in [0.2, 0.25) is 0 Å². The van der Waals surface area contributed by atoms with Gasteiger partial charge < -0.3 is 9.64 Å². The molecule has 9 heteroatoms. The first-order valence-electron chi connectivity index (χ1n) is 11.9. The molecular formula is C23H30N8O. The van der Waals surface area contributed by atoms with Crippen molar-refractivity contribution in [3.8, 4) is 11.6 Å². The molecule has 1 aliphatic carbocycles. The van der Waals surface area contributed by atoms with E-state index in [9.17, 15) is 0 Å². The largest absolute Gasteiger partial charge is 0.381 e. The minimum absolute atomic E-state index is 0.173. The van der Waals surface area contributed by atoms with Crippen LogP contribution in [0.4, 0.5) is 5.82 Å². The summed E-state index contributed by atoms with van der Waals surface area (Å²) >= 11 is 0. The zero-order valence-electron chi connectivity index (χ0n) is 18.8. The van der Waals surface area contributed by atoms with E-state index < -0.39 is 0 Å². The molecule has 5 heterocycles. The number of nitrogens with zero attached hydrogens (tertiary/aromatic N) is 8. The molecule has 1 atom stereocenters. The Bertz CT molecular complexity index is 1110. The molecule has 2 aliphatic heterocycles. The van der Waals surface area contributed by atoms with Crippen LogP contribution >= 0.6 is 0 Å². The third-order valence-electron chi connectivity index (χ3n) is 7.28. The number of hydrogen-bond acceptors (Lipinski definition) is 7. The predicted molar refractivity (Wildman–Crippen MR) is 119 cm³/mol. The van der Waals surface area contributed by atoms with E-state index in [0.29, 0.717) is 17.9 Å². The minimum Gasteiger partial charge on any atom is -0.381 e. The molecule has 0 bridgehead atoms. The molecule has 0 radical (unpaired) electrons. The molecule has 3 aromatic heterocycles. The zero-order valence-corrected chi connectivity index (χ0v) is 18.8. The van der Waals surface area contributed by atoms with E-state index in [1.54, 1.807) is 0 Å². The van der Waals surface area contributed by atoms with Crippen molar-refractivity contribution in [3.05, 3.63) is 36.1 Å². The molecule has 32 heavy (non-hydrogen) atoms. The first kappa shape index (κ1) is 19.8. The summed E-state index contributed by atoms with van der Waals surface area (Å²) < 4.78 is 9.77. The highest BCUT2D eigenvalue weighted by Crippen LogP contribution is 2.43. The quantitative estimate of drug-likeness (QED) is 0.619. The number of imidazole rings is 1. The number of hydrogen-bond donors (Lipinski definition) is 0. The van der Waals surface area contributed by atoms with Gasteiger partial charge in [0.05, 0.1) is 12.2 Å². The maximum Gasteiger partial charge on any atom is 0.237 e. The van der Waals surface area contributed by atoms with Gasteiger partial charge in [-0.25, -0.2) is 9.97 Å². The van der Waals surface area contributed by atoms with E-state index in [0.717, 1.165) is 61.5 Å². The van der Waals surface area contributed by atoms with Crippen LogP contribution in [-0.4, -0.2) is 53.5 Å². The van der Waals surface area contributed by atoms with Crippen LogP contribution in [0.1, 0.15) is 81.3 Å². The summed E-state index contributed by atoms with van der Waals surface area (Å²) in [6.45, 7) is 5.80. The molecule has 1 unspecified atom stereocenters. The van der Waals surface area contributed by atoms with Crippen molar-refractivity contribution < 1.29 is 4.74 Å². The summed E-state index contributed by atoms with van der Waals surface area (Å²) in [6.07, 6.45) is 13.7. The van der Waals surface area contributed by atoms with Gasteiger partial charge in [-0.2, -0.15) is 4.98 Å². The highest BCUT2D eigenvalue weighted by atomic mass is 16.5. The topological polar surface area (TPSA) is 86.8 Å². The highest BCUT2D eigenvalue weighted by molar-refractivity contribution is 5.63. The third-order valence-corrected chi connectivity index (χ3v) is 7.28. The van der Waals surface area contributed by atoms with Gasteiger partial charge in [0.1, 0.15) is 17.3 Å². The average molecular weight is 435 g/mol. The molecular weight excluding hydrogens is 404 g/mol. The molecule has 2 fully saturated rings. The molecule has 3 aromatic rings. The fraction of sp³-hybridized carbons (Fsp3) is 0.609. The van der Waals surface area contributed by atoms with Crippen LogP contribution < -0.4 is 4.90 Å². The second-order valence-corrected chi connectivity index (χ2v) is 9.13. The molecule has 0 amide bonds. The van der Waals surface area contributed by atoms with Gasteiger partial charge in [-0.1, -0.05) is 19.8 Å². The molecule has 0 spiro atoms. The summed E-state index contributed by atoms with van der Waals surface area (Å²) in [7, 11) is 0. The lowest BCUT2D eigenvalue weighted by Crippen LogP contribution is -2.42. The molecule has 0 aromatic carbocycles. The molecule has 1 saturated heterocycles. The Morgan fingerprint density at radius 1 is 1.03 bits per heavy atom. The normalized spacial score (nSPS) is 21.7. The SMILES string of the molecule is CCC1c2nnc(C)n2-c2cnc(-n3ccnc3C3CCOCC3)nc2N1C1CCCC1. The summed E-state index contributed by atoms with van der Waals surface area (Å²) in [5.74, 6) is 4.98. The molecule has 0 N–H and O–H groups in total. The van der Waals surface area contributed by atoms with Crippen molar-refractivity contribution in [2.24, 2.45) is 0 Å². The molecule has 3 aliphatic rings. The van der Waals surface area contributed by atoms with E-state index in [4.69, 9.17) is 14.7 Å². The van der Waals surface area contributed by atoms with Crippen LogP contribution in [0.25, 0.3) is 11.6 Å². The lowest BCUT2D eigenvalue weighted by Gasteiger charge is -2.41. The maximum atomic E-state index is 5.56. The number of aryl methyl sites for hydroxylation is 1. The van der Waals surface area contributed by atoms with Gasteiger partial charge in [0, 0.05) is 37.6 Å². The van der Waals surface area contributed by atoms with Gasteiger partial charge in [-0.15, -0.1) is 10.2 Å². The Kier molecular flexibility index (Phi) is 4.93. The molecule has 1 saturated carbocycles. The van der Waals surface area contributed by atoms with E-state index in [1.807, 2.05) is 25.5 Å². The average Bonchev–Trinajstić information content (AvgIpc) is 3.60. The van der Waals surface area contributed by atoms with E-state index in [1.165, 1.54) is 25.7 Å². The van der Waals surface area contributed by atoms with E-state index in [-0.39, 0.29) is 6.04 Å². The lowest BCUT2D eigenvalue weighted by molar-refractivity contribution is 0.0832. The fourth-order valence-electron chi connectivity index (χ4n) is 5.72. The Morgan fingerprint density at radius 2 is 1.84 bits per heavy atom. The van der Waals surface area contributed by atoms with Crippen molar-refractivity contribution in [1.29, 1.82) is 0 Å². The van der Waals surface area contributed by atoms with Gasteiger partial charge in [-0.05, 0) is 39.0 Å². The third kappa shape index (κ3) is 3.05. The first-order valence-corrected chi connectivity index (χ1v) is 11.9. The molecule has 6 rings (SSSR count). The Hall–Kier alpha value is -2.81. The van der Waals surface area contributed by atoms with Crippen molar-refractivity contribution >= 4 is 5.82 Å². The Morgan fingerprint density at radius 3 is 2.62 bits per heavy atom. The second kappa shape index (κ2) is 7.95. The van der Waals surface area contributed by atoms with Gasteiger partial charge in [0.2, 0.25) is 5.95 Å². The molecule has 9 nitrogen and oxygen atoms in total. The summed E-state index contributed by atoms with van der Waals surface area (Å²) in [4.78, 5) is 17.2. The van der Waals surface area contributed by atoms with Gasteiger partial charge in [0.15, 0.2) is 11.6 Å². The van der Waals surface area contributed by atoms with Crippen molar-refractivity contribution in [3.63, 3.8) is 0 Å². The monoisotopic (exact) mass is 434 g/mol. The number of ether oxygens (including phenoxy) is 1. The van der Waals surface area contributed by atoms with Gasteiger partial charge in [0.25, 0.3) is 0 Å². The number of anilines is 1. The smallest absolute Gasteiger partial charge is 0.237 e. The van der Waals surface area contributed by atoms with E-state index >= 15 is 0 Å². The summed E-state index contributed by atoms with van der Waals surface area (Å²) in [5, 5.41) is 8.97. The number of rotatable bonds is 4. The minimum atomic E-state index is 0.173. The fourth-order valence-corrected chi connectivity index (χ4v) is 5.72. The van der Waals surface area contributed by atoms with Crippen LogP contribution in [0.5, 0.6) is 0 Å². The number of aromatic nitrogens is 7. The Balaban J connectivity index is 1.48. The van der Waals surface area contributed by atoms with Crippen molar-refractivity contribution in [2.45, 2.75) is 76.8 Å². The first-order chi connectivity index (χ1) is 15.8. The van der Waals surface area contributed by atoms with E-state index in [2.05, 4.69) is 36.1 Å². The Labute approximate surface area is 187 Å². The van der Waals surface area contributed by atoms with Crippen LogP contribution in [-0.2, 0) is 4.74 Å².